The summed E-state index contributed by atoms with van der Waals surface area (Å²) < 4.78 is 0. The Hall–Kier alpha value is -0.460. The van der Waals surface area contributed by atoms with Crippen LogP contribution in [0.1, 0.15) is 12.5 Å². The third-order valence-corrected chi connectivity index (χ3v) is 2.41. The van der Waals surface area contributed by atoms with Gasteiger partial charge < -0.3 is 0 Å². The molecule has 0 aliphatic carbocycles. The molecule has 1 unspecified atom stereocenters. The van der Waals surface area contributed by atoms with Crippen molar-refractivity contribution in [2.24, 2.45) is 0 Å². The Morgan fingerprint density at radius 2 is 2.00 bits per heavy atom. The summed E-state index contributed by atoms with van der Waals surface area (Å²) in [4.78, 5) is 0. The molecule has 0 N–H and O–H groups in total. The molecule has 0 heterocycles. The van der Waals surface area contributed by atoms with E-state index in [-0.39, 0.29) is 5.38 Å². The van der Waals surface area contributed by atoms with Crippen LogP contribution in [0, 0.1) is 0 Å². The fourth-order valence-electron chi connectivity index (χ4n) is 1.02. The molecule has 1 aromatic rings. The average molecular weight is 215 g/mol. The molecule has 0 amide bonds. The third kappa shape index (κ3) is 3.41. The summed E-state index contributed by atoms with van der Waals surface area (Å²) in [5.41, 5.74) is 2.19. The monoisotopic (exact) mass is 214 g/mol. The molecule has 0 aliphatic heterocycles. The summed E-state index contributed by atoms with van der Waals surface area (Å²) in [5.74, 6) is 0.486. The molecule has 0 fully saturated rings. The molecule has 70 valence electrons. The lowest BCUT2D eigenvalue weighted by atomic mass is 10.1. The van der Waals surface area contributed by atoms with Crippen molar-refractivity contribution < 1.29 is 0 Å². The number of halogens is 2. The van der Waals surface area contributed by atoms with Gasteiger partial charge in [-0.25, -0.2) is 0 Å². The largest absolute Gasteiger partial charge is 0.122 e. The van der Waals surface area contributed by atoms with Gasteiger partial charge in [0.25, 0.3) is 0 Å². The van der Waals surface area contributed by atoms with Crippen LogP contribution in [0.3, 0.4) is 0 Å². The van der Waals surface area contributed by atoms with E-state index in [1.54, 1.807) is 0 Å². The number of hydrogen-bond donors (Lipinski definition) is 0. The summed E-state index contributed by atoms with van der Waals surface area (Å²) in [6.45, 7) is 1.93. The van der Waals surface area contributed by atoms with Crippen LogP contribution in [-0.2, 0) is 0 Å². The molecule has 2 heteroatoms. The van der Waals surface area contributed by atoms with Gasteiger partial charge in [0, 0.05) is 5.88 Å². The maximum Gasteiger partial charge on any atom is 0.0531 e. The van der Waals surface area contributed by atoms with Gasteiger partial charge in [-0.05, 0) is 18.1 Å². The van der Waals surface area contributed by atoms with Gasteiger partial charge in [-0.2, -0.15) is 0 Å². The highest BCUT2D eigenvalue weighted by Crippen LogP contribution is 2.15. The zero-order valence-electron chi connectivity index (χ0n) is 7.50. The van der Waals surface area contributed by atoms with Crippen LogP contribution in [0.2, 0.25) is 0 Å². The molecule has 0 aliphatic rings. The molecule has 0 nitrogen and oxygen atoms in total. The van der Waals surface area contributed by atoms with E-state index in [0.29, 0.717) is 5.88 Å². The lowest BCUT2D eigenvalue weighted by molar-refractivity contribution is 1.12. The van der Waals surface area contributed by atoms with Gasteiger partial charge in [-0.3, -0.25) is 0 Å². The molecule has 0 bridgehead atoms. The molecule has 0 aromatic heterocycles. The van der Waals surface area contributed by atoms with Gasteiger partial charge in [0.05, 0.1) is 5.38 Å². The zero-order chi connectivity index (χ0) is 9.68. The molecule has 13 heavy (non-hydrogen) atoms. The first-order valence-electron chi connectivity index (χ1n) is 4.19. The van der Waals surface area contributed by atoms with E-state index in [1.165, 1.54) is 0 Å². The predicted octanol–water partition coefficient (Wildman–Crippen LogP) is 3.94. The Labute approximate surface area is 89.2 Å². The van der Waals surface area contributed by atoms with Gasteiger partial charge in [0.15, 0.2) is 0 Å². The number of benzene rings is 1. The summed E-state index contributed by atoms with van der Waals surface area (Å²) in [6, 6.07) is 10.0. The lowest BCUT2D eigenvalue weighted by Crippen LogP contribution is -1.98. The maximum absolute atomic E-state index is 5.94. The molecule has 1 atom stereocenters. The smallest absolute Gasteiger partial charge is 0.0531 e. The van der Waals surface area contributed by atoms with Crippen LogP contribution in [0.4, 0.5) is 0 Å². The van der Waals surface area contributed by atoms with Gasteiger partial charge in [-0.15, -0.1) is 23.2 Å². The molecular weight excluding hydrogens is 203 g/mol. The van der Waals surface area contributed by atoms with Crippen molar-refractivity contribution in [3.8, 4) is 0 Å². The number of allylic oxidation sites excluding steroid dienone is 1. The van der Waals surface area contributed by atoms with Crippen molar-refractivity contribution in [3.63, 3.8) is 0 Å². The third-order valence-electron chi connectivity index (χ3n) is 1.82. The molecule has 0 radical (unpaired) electrons. The Morgan fingerprint density at radius 1 is 1.38 bits per heavy atom. The molecule has 1 aromatic carbocycles. The Bertz CT molecular complexity index is 275. The second-order valence-corrected chi connectivity index (χ2v) is 3.80. The van der Waals surface area contributed by atoms with Crippen LogP contribution < -0.4 is 0 Å². The molecule has 0 spiro atoms. The normalized spacial score (nSPS) is 14.2. The number of rotatable bonds is 3. The Balaban J connectivity index is 2.85. The highest BCUT2D eigenvalue weighted by atomic mass is 35.5. The van der Waals surface area contributed by atoms with E-state index >= 15 is 0 Å². The van der Waals surface area contributed by atoms with E-state index in [1.807, 2.05) is 43.3 Å². The summed E-state index contributed by atoms with van der Waals surface area (Å²) in [7, 11) is 0. The zero-order valence-corrected chi connectivity index (χ0v) is 9.02. The van der Waals surface area contributed by atoms with E-state index in [2.05, 4.69) is 0 Å². The van der Waals surface area contributed by atoms with Gasteiger partial charge >= 0.3 is 0 Å². The summed E-state index contributed by atoms with van der Waals surface area (Å²) >= 11 is 11.7. The van der Waals surface area contributed by atoms with Crippen molar-refractivity contribution in [1.29, 1.82) is 0 Å². The van der Waals surface area contributed by atoms with Crippen LogP contribution in [0.5, 0.6) is 0 Å². The van der Waals surface area contributed by atoms with Gasteiger partial charge in [0.2, 0.25) is 0 Å². The maximum atomic E-state index is 5.94. The Kier molecular flexibility index (Phi) is 4.34. The molecule has 0 saturated carbocycles. The predicted molar refractivity (Wildman–Crippen MR) is 60.5 cm³/mol. The molecular formula is C11H12Cl2. The van der Waals surface area contributed by atoms with E-state index in [4.69, 9.17) is 23.2 Å². The van der Waals surface area contributed by atoms with E-state index < -0.39 is 0 Å². The van der Waals surface area contributed by atoms with Crippen molar-refractivity contribution in [1.82, 2.24) is 0 Å². The standard InChI is InChI=1S/C11H12Cl2/c1-9(13)11(8-12)7-10-5-3-2-4-6-10/h2-7,9H,8H2,1H3. The summed E-state index contributed by atoms with van der Waals surface area (Å²) in [5, 5.41) is -0.00212. The van der Waals surface area contributed by atoms with Crippen LogP contribution in [0.15, 0.2) is 35.9 Å². The quantitative estimate of drug-likeness (QED) is 0.670. The first-order valence-corrected chi connectivity index (χ1v) is 5.16. The Morgan fingerprint density at radius 3 is 2.46 bits per heavy atom. The van der Waals surface area contributed by atoms with Crippen molar-refractivity contribution in [2.75, 3.05) is 5.88 Å². The minimum atomic E-state index is -0.00212. The SMILES string of the molecule is CC(Cl)C(=Cc1ccccc1)CCl. The van der Waals surface area contributed by atoms with Crippen molar-refractivity contribution in [3.05, 3.63) is 41.5 Å². The van der Waals surface area contributed by atoms with Crippen LogP contribution in [0.25, 0.3) is 6.08 Å². The van der Waals surface area contributed by atoms with Gasteiger partial charge in [0.1, 0.15) is 0 Å². The lowest BCUT2D eigenvalue weighted by Gasteiger charge is -2.05. The highest BCUT2D eigenvalue weighted by Gasteiger charge is 2.02. The topological polar surface area (TPSA) is 0 Å². The van der Waals surface area contributed by atoms with Crippen LogP contribution >= 0.6 is 23.2 Å². The molecule has 1 rings (SSSR count). The fourth-order valence-corrected chi connectivity index (χ4v) is 1.55. The summed E-state index contributed by atoms with van der Waals surface area (Å²) in [6.07, 6.45) is 2.03. The van der Waals surface area contributed by atoms with Gasteiger partial charge in [-0.1, -0.05) is 36.4 Å². The second kappa shape index (κ2) is 5.31. The van der Waals surface area contributed by atoms with Crippen LogP contribution in [-0.4, -0.2) is 11.3 Å². The first kappa shape index (κ1) is 10.6. The molecule has 0 saturated heterocycles. The average Bonchev–Trinajstić information content (AvgIpc) is 2.15. The number of hydrogen-bond acceptors (Lipinski definition) is 0. The van der Waals surface area contributed by atoms with Crippen molar-refractivity contribution in [2.45, 2.75) is 12.3 Å². The second-order valence-electron chi connectivity index (χ2n) is 2.88. The van der Waals surface area contributed by atoms with E-state index in [9.17, 15) is 0 Å². The fraction of sp³-hybridized carbons (Fsp3) is 0.273. The minimum absolute atomic E-state index is 0.00212. The minimum Gasteiger partial charge on any atom is -0.122 e. The van der Waals surface area contributed by atoms with E-state index in [0.717, 1.165) is 11.1 Å². The van der Waals surface area contributed by atoms with Crippen molar-refractivity contribution >= 4 is 29.3 Å². The first-order chi connectivity index (χ1) is 6.24. The highest BCUT2D eigenvalue weighted by molar-refractivity contribution is 6.25. The number of alkyl halides is 2.